The first-order chi connectivity index (χ1) is 7.66. The van der Waals surface area contributed by atoms with Gasteiger partial charge in [-0.15, -0.1) is 19.0 Å². The maximum absolute atomic E-state index is 12.1. The van der Waals surface area contributed by atoms with Crippen LogP contribution in [0.15, 0.2) is 12.7 Å². The molecule has 1 aliphatic rings. The molecule has 1 saturated heterocycles. The zero-order valence-corrected chi connectivity index (χ0v) is 11.5. The van der Waals surface area contributed by atoms with Crippen molar-refractivity contribution in [3.05, 3.63) is 12.7 Å². The van der Waals surface area contributed by atoms with E-state index < -0.39 is 0 Å². The van der Waals surface area contributed by atoms with Crippen molar-refractivity contribution in [2.75, 3.05) is 26.2 Å². The number of piperazine rings is 1. The van der Waals surface area contributed by atoms with E-state index in [1.807, 2.05) is 11.8 Å². The van der Waals surface area contributed by atoms with Gasteiger partial charge in [-0.1, -0.05) is 6.08 Å². The molecule has 1 fully saturated rings. The maximum Gasteiger partial charge on any atom is 0.251 e. The number of halogens is 1. The molecular formula is C12H23ClN2O2. The summed E-state index contributed by atoms with van der Waals surface area (Å²) in [4.78, 5) is 13.9. The van der Waals surface area contributed by atoms with Crippen LogP contribution in [0.3, 0.4) is 0 Å². The van der Waals surface area contributed by atoms with Crippen LogP contribution >= 0.6 is 12.4 Å². The van der Waals surface area contributed by atoms with Crippen molar-refractivity contribution in [1.82, 2.24) is 10.2 Å². The highest BCUT2D eigenvalue weighted by Crippen LogP contribution is 2.07. The zero-order valence-electron chi connectivity index (χ0n) is 10.6. The van der Waals surface area contributed by atoms with E-state index >= 15 is 0 Å². The van der Waals surface area contributed by atoms with E-state index in [4.69, 9.17) is 4.74 Å². The van der Waals surface area contributed by atoms with Gasteiger partial charge in [0.05, 0.1) is 6.61 Å². The molecule has 17 heavy (non-hydrogen) atoms. The van der Waals surface area contributed by atoms with Crippen LogP contribution in [0.1, 0.15) is 20.3 Å². The summed E-state index contributed by atoms with van der Waals surface area (Å²) in [5, 5.41) is 3.26. The fraction of sp³-hybridized carbons (Fsp3) is 0.750. The first-order valence-corrected chi connectivity index (χ1v) is 5.90. The van der Waals surface area contributed by atoms with E-state index in [1.54, 1.807) is 6.08 Å². The van der Waals surface area contributed by atoms with Crippen molar-refractivity contribution in [2.24, 2.45) is 0 Å². The van der Waals surface area contributed by atoms with Crippen LogP contribution in [0.4, 0.5) is 0 Å². The van der Waals surface area contributed by atoms with Crippen LogP contribution in [-0.2, 0) is 9.53 Å². The molecule has 0 aliphatic carbocycles. The predicted octanol–water partition coefficient (Wildman–Crippen LogP) is 1.21. The molecule has 1 heterocycles. The standard InChI is InChI=1S/C12H22N2O2.ClH/c1-4-5-8-16-11(3)12(15)14-7-6-13-9-10(14)2;/h4,10-11,13H,1,5-9H2,2-3H3;1H/t10-,11?;/m0./s1. The van der Waals surface area contributed by atoms with Crippen LogP contribution in [0.2, 0.25) is 0 Å². The van der Waals surface area contributed by atoms with Gasteiger partial charge in [-0.3, -0.25) is 4.79 Å². The van der Waals surface area contributed by atoms with Crippen molar-refractivity contribution in [3.8, 4) is 0 Å². The molecule has 100 valence electrons. The molecule has 1 unspecified atom stereocenters. The molecule has 1 N–H and O–H groups in total. The first kappa shape index (κ1) is 16.4. The van der Waals surface area contributed by atoms with Gasteiger partial charge in [0.1, 0.15) is 6.10 Å². The highest BCUT2D eigenvalue weighted by atomic mass is 35.5. The van der Waals surface area contributed by atoms with Gasteiger partial charge in [0.25, 0.3) is 5.91 Å². The molecule has 0 spiro atoms. The second kappa shape index (κ2) is 8.50. The highest BCUT2D eigenvalue weighted by molar-refractivity contribution is 5.85. The number of amides is 1. The summed E-state index contributed by atoms with van der Waals surface area (Å²) in [5.41, 5.74) is 0. The van der Waals surface area contributed by atoms with Crippen LogP contribution in [0.5, 0.6) is 0 Å². The van der Waals surface area contributed by atoms with E-state index in [-0.39, 0.29) is 30.5 Å². The quantitative estimate of drug-likeness (QED) is 0.598. The number of nitrogens with zero attached hydrogens (tertiary/aromatic N) is 1. The summed E-state index contributed by atoms with van der Waals surface area (Å²) in [6, 6.07) is 0.256. The number of hydrogen-bond donors (Lipinski definition) is 1. The van der Waals surface area contributed by atoms with Gasteiger partial charge in [-0.05, 0) is 20.3 Å². The SMILES string of the molecule is C=CCCOC(C)C(=O)N1CCNC[C@@H]1C.Cl. The number of nitrogens with one attached hydrogen (secondary N) is 1. The van der Waals surface area contributed by atoms with Gasteiger partial charge >= 0.3 is 0 Å². The normalized spacial score (nSPS) is 21.5. The summed E-state index contributed by atoms with van der Waals surface area (Å²) in [6.45, 7) is 10.6. The van der Waals surface area contributed by atoms with Gasteiger partial charge < -0.3 is 15.0 Å². The molecule has 1 amide bonds. The average molecular weight is 263 g/mol. The Labute approximate surface area is 110 Å². The fourth-order valence-corrected chi connectivity index (χ4v) is 1.80. The summed E-state index contributed by atoms with van der Waals surface area (Å²) in [6.07, 6.45) is 2.24. The number of ether oxygens (including phenoxy) is 1. The molecule has 0 aromatic carbocycles. The Morgan fingerprint density at radius 2 is 2.41 bits per heavy atom. The Morgan fingerprint density at radius 3 is 3.00 bits per heavy atom. The Morgan fingerprint density at radius 1 is 1.71 bits per heavy atom. The van der Waals surface area contributed by atoms with Crippen molar-refractivity contribution >= 4 is 18.3 Å². The van der Waals surface area contributed by atoms with Crippen LogP contribution in [-0.4, -0.2) is 49.2 Å². The molecule has 2 atom stereocenters. The minimum atomic E-state index is -0.347. The van der Waals surface area contributed by atoms with E-state index in [9.17, 15) is 4.79 Å². The number of rotatable bonds is 5. The molecule has 1 aliphatic heterocycles. The van der Waals surface area contributed by atoms with Gasteiger partial charge in [0.15, 0.2) is 0 Å². The molecule has 4 nitrogen and oxygen atoms in total. The van der Waals surface area contributed by atoms with Crippen LogP contribution in [0.25, 0.3) is 0 Å². The molecule has 5 heteroatoms. The van der Waals surface area contributed by atoms with E-state index in [0.717, 1.165) is 26.1 Å². The third-order valence-corrected chi connectivity index (χ3v) is 2.82. The summed E-state index contributed by atoms with van der Waals surface area (Å²) in [5.74, 6) is 0.0954. The lowest BCUT2D eigenvalue weighted by Crippen LogP contribution is -2.54. The average Bonchev–Trinajstić information content (AvgIpc) is 2.29. The van der Waals surface area contributed by atoms with E-state index in [1.165, 1.54) is 0 Å². The number of hydrogen-bond acceptors (Lipinski definition) is 3. The minimum Gasteiger partial charge on any atom is -0.368 e. The Hall–Kier alpha value is -0.580. The lowest BCUT2D eigenvalue weighted by atomic mass is 10.2. The van der Waals surface area contributed by atoms with Crippen molar-refractivity contribution < 1.29 is 9.53 Å². The fourth-order valence-electron chi connectivity index (χ4n) is 1.80. The Bertz CT molecular complexity index is 249. The van der Waals surface area contributed by atoms with Gasteiger partial charge in [-0.2, -0.15) is 0 Å². The third-order valence-electron chi connectivity index (χ3n) is 2.82. The third kappa shape index (κ3) is 5.06. The largest absolute Gasteiger partial charge is 0.368 e. The second-order valence-electron chi connectivity index (χ2n) is 4.18. The number of carbonyl (C=O) groups is 1. The Balaban J connectivity index is 0.00000256. The van der Waals surface area contributed by atoms with E-state index in [2.05, 4.69) is 18.8 Å². The van der Waals surface area contributed by atoms with Gasteiger partial charge in [0.2, 0.25) is 0 Å². The monoisotopic (exact) mass is 262 g/mol. The molecule has 0 bridgehead atoms. The maximum atomic E-state index is 12.1. The molecular weight excluding hydrogens is 240 g/mol. The highest BCUT2D eigenvalue weighted by Gasteiger charge is 2.26. The first-order valence-electron chi connectivity index (χ1n) is 5.90. The number of carbonyl (C=O) groups excluding carboxylic acids is 1. The van der Waals surface area contributed by atoms with Crippen molar-refractivity contribution in [2.45, 2.75) is 32.4 Å². The van der Waals surface area contributed by atoms with Crippen LogP contribution < -0.4 is 5.32 Å². The predicted molar refractivity (Wildman–Crippen MR) is 71.5 cm³/mol. The molecule has 0 aromatic rings. The lowest BCUT2D eigenvalue weighted by Gasteiger charge is -2.35. The Kier molecular flexibility index (Phi) is 8.21. The smallest absolute Gasteiger partial charge is 0.251 e. The molecule has 0 aromatic heterocycles. The van der Waals surface area contributed by atoms with Crippen molar-refractivity contribution in [1.29, 1.82) is 0 Å². The minimum absolute atomic E-state index is 0. The van der Waals surface area contributed by atoms with Crippen LogP contribution in [0, 0.1) is 0 Å². The van der Waals surface area contributed by atoms with Gasteiger partial charge in [-0.25, -0.2) is 0 Å². The summed E-state index contributed by atoms with van der Waals surface area (Å²) < 4.78 is 5.46. The topological polar surface area (TPSA) is 41.6 Å². The lowest BCUT2D eigenvalue weighted by molar-refractivity contribution is -0.145. The van der Waals surface area contributed by atoms with Gasteiger partial charge in [0, 0.05) is 25.7 Å². The molecule has 0 radical (unpaired) electrons. The summed E-state index contributed by atoms with van der Waals surface area (Å²) >= 11 is 0. The summed E-state index contributed by atoms with van der Waals surface area (Å²) in [7, 11) is 0. The molecule has 1 rings (SSSR count). The second-order valence-corrected chi connectivity index (χ2v) is 4.18. The van der Waals surface area contributed by atoms with E-state index in [0.29, 0.717) is 6.61 Å². The zero-order chi connectivity index (χ0) is 12.0. The van der Waals surface area contributed by atoms with Crippen molar-refractivity contribution in [3.63, 3.8) is 0 Å². The molecule has 0 saturated carbocycles.